The van der Waals surface area contributed by atoms with Gasteiger partial charge in [-0.25, -0.2) is 0 Å². The lowest BCUT2D eigenvalue weighted by molar-refractivity contribution is 0.290. The summed E-state index contributed by atoms with van der Waals surface area (Å²) in [6.45, 7) is 9.65. The topological polar surface area (TPSA) is 20.2 Å². The first-order valence-corrected chi connectivity index (χ1v) is 10.0. The molecule has 0 bridgehead atoms. The molecule has 1 aliphatic rings. The highest BCUT2D eigenvalue weighted by Crippen LogP contribution is 2.28. The summed E-state index contributed by atoms with van der Waals surface area (Å²) < 4.78 is 0. The van der Waals surface area contributed by atoms with Gasteiger partial charge in [0.05, 0.1) is 6.61 Å². The highest BCUT2D eigenvalue weighted by molar-refractivity contribution is 5.48. The zero-order chi connectivity index (χ0) is 18.5. The van der Waals surface area contributed by atoms with E-state index in [4.69, 9.17) is 5.11 Å². The lowest BCUT2D eigenvalue weighted by atomic mass is 9.82. The van der Waals surface area contributed by atoms with Crippen molar-refractivity contribution >= 4 is 6.08 Å². The molecule has 1 nitrogen and oxygen atoms in total. The minimum atomic E-state index is 0.106. The van der Waals surface area contributed by atoms with Crippen molar-refractivity contribution in [2.45, 2.75) is 59.8 Å². The van der Waals surface area contributed by atoms with E-state index in [2.05, 4.69) is 39.8 Å². The van der Waals surface area contributed by atoms with Gasteiger partial charge in [-0.3, -0.25) is 0 Å². The summed E-state index contributed by atoms with van der Waals surface area (Å²) in [6, 6.07) is 9.89. The first-order chi connectivity index (χ1) is 12.0. The van der Waals surface area contributed by atoms with Crippen LogP contribution in [-0.4, -0.2) is 11.7 Å². The third-order valence-electron chi connectivity index (χ3n) is 5.18. The Morgan fingerprint density at radius 1 is 1.04 bits per heavy atom. The average molecular weight is 343 g/mol. The van der Waals surface area contributed by atoms with Gasteiger partial charge in [-0.15, -0.1) is 0 Å². The molecule has 25 heavy (non-hydrogen) atoms. The fraction of sp³-hybridized carbons (Fsp3) is 0.583. The molecule has 1 aliphatic carbocycles. The molecular weight excluding hydrogens is 304 g/mol. The van der Waals surface area contributed by atoms with E-state index in [0.717, 1.165) is 29.2 Å². The summed E-state index contributed by atoms with van der Waals surface area (Å²) in [5, 5.41) is 8.44. The van der Waals surface area contributed by atoms with Crippen LogP contribution < -0.4 is 0 Å². The molecule has 2 rings (SSSR count). The van der Waals surface area contributed by atoms with Crippen molar-refractivity contribution in [3.63, 3.8) is 0 Å². The number of aliphatic hydroxyl groups excluding tert-OH is 1. The van der Waals surface area contributed by atoms with E-state index >= 15 is 0 Å². The van der Waals surface area contributed by atoms with Crippen LogP contribution >= 0.6 is 0 Å². The second kappa shape index (κ2) is 12.9. The van der Waals surface area contributed by atoms with Gasteiger partial charge in [0.1, 0.15) is 0 Å². The van der Waals surface area contributed by atoms with Crippen molar-refractivity contribution < 1.29 is 5.11 Å². The fourth-order valence-corrected chi connectivity index (χ4v) is 3.30. The van der Waals surface area contributed by atoms with E-state index in [0.29, 0.717) is 0 Å². The van der Waals surface area contributed by atoms with Crippen LogP contribution in [0.5, 0.6) is 0 Å². The lowest BCUT2D eigenvalue weighted by Gasteiger charge is -2.24. The third-order valence-corrected chi connectivity index (χ3v) is 5.18. The highest BCUT2D eigenvalue weighted by atomic mass is 16.2. The van der Waals surface area contributed by atoms with E-state index in [1.165, 1.54) is 32.1 Å². The van der Waals surface area contributed by atoms with Crippen molar-refractivity contribution in [3.8, 4) is 0 Å². The second-order valence-corrected chi connectivity index (χ2v) is 7.90. The van der Waals surface area contributed by atoms with E-state index < -0.39 is 0 Å². The Hall–Kier alpha value is -1.34. The van der Waals surface area contributed by atoms with Gasteiger partial charge >= 0.3 is 0 Å². The van der Waals surface area contributed by atoms with E-state index in [9.17, 15) is 0 Å². The smallest absolute Gasteiger partial charge is 0.0615 e. The Bertz CT molecular complexity index is 486. The molecule has 1 N–H and O–H groups in total. The summed E-state index contributed by atoms with van der Waals surface area (Å²) in [5.41, 5.74) is 1.12. The molecule has 0 aliphatic heterocycles. The minimum absolute atomic E-state index is 0.106. The summed E-state index contributed by atoms with van der Waals surface area (Å²) in [6.07, 6.45) is 15.4. The zero-order valence-corrected chi connectivity index (χ0v) is 16.7. The predicted molar refractivity (Wildman–Crippen MR) is 111 cm³/mol. The molecule has 0 fully saturated rings. The fourth-order valence-electron chi connectivity index (χ4n) is 3.30. The molecule has 0 saturated carbocycles. The molecule has 0 amide bonds. The second-order valence-electron chi connectivity index (χ2n) is 7.90. The van der Waals surface area contributed by atoms with Crippen LogP contribution in [0.25, 0.3) is 6.08 Å². The van der Waals surface area contributed by atoms with Crippen molar-refractivity contribution in [2.75, 3.05) is 6.61 Å². The Morgan fingerprint density at radius 3 is 2.36 bits per heavy atom. The first kappa shape index (κ1) is 21.7. The number of benzene rings is 1. The molecule has 0 spiro atoms. The third kappa shape index (κ3) is 10.3. The maximum absolute atomic E-state index is 8.44. The average Bonchev–Trinajstić information content (AvgIpc) is 2.61. The van der Waals surface area contributed by atoms with Gasteiger partial charge in [-0.1, -0.05) is 88.8 Å². The summed E-state index contributed by atoms with van der Waals surface area (Å²) in [5.74, 6) is 3.50. The molecular formula is C24H38O. The quantitative estimate of drug-likeness (QED) is 0.603. The molecule has 3 atom stereocenters. The standard InChI is InChI=1S/C15H28.C9H10O/c1-12(2)15-10-8-13(3)6-5-7-14(4)9-11-15;10-8-4-7-9-5-2-1-3-6-9/h5-6,12-15H,7-11H2,1-4H3;1-7,10H,8H2/b6-5+;7-4+/t13-,14+,15-;/m1./s1. The molecule has 0 heterocycles. The first-order valence-electron chi connectivity index (χ1n) is 10.0. The normalized spacial score (nSPS) is 26.1. The number of allylic oxidation sites excluding steroid dienone is 2. The Kier molecular flexibility index (Phi) is 11.2. The number of rotatable bonds is 3. The highest BCUT2D eigenvalue weighted by Gasteiger charge is 2.16. The molecule has 0 unspecified atom stereocenters. The monoisotopic (exact) mass is 342 g/mol. The summed E-state index contributed by atoms with van der Waals surface area (Å²) in [4.78, 5) is 0. The Labute approximate surface area is 155 Å². The molecule has 0 radical (unpaired) electrons. The van der Waals surface area contributed by atoms with Gasteiger partial charge in [-0.05, 0) is 54.9 Å². The molecule has 1 aromatic rings. The molecule has 0 aromatic heterocycles. The van der Waals surface area contributed by atoms with Crippen LogP contribution in [0.3, 0.4) is 0 Å². The molecule has 1 aromatic carbocycles. The van der Waals surface area contributed by atoms with Gasteiger partial charge in [0.2, 0.25) is 0 Å². The maximum Gasteiger partial charge on any atom is 0.0615 e. The van der Waals surface area contributed by atoms with E-state index in [-0.39, 0.29) is 6.61 Å². The van der Waals surface area contributed by atoms with Gasteiger partial charge in [0, 0.05) is 0 Å². The van der Waals surface area contributed by atoms with Crippen LogP contribution in [0.2, 0.25) is 0 Å². The van der Waals surface area contributed by atoms with Crippen molar-refractivity contribution in [1.29, 1.82) is 0 Å². The zero-order valence-electron chi connectivity index (χ0n) is 16.7. The molecule has 0 saturated heterocycles. The molecule has 1 heteroatoms. The maximum atomic E-state index is 8.44. The minimum Gasteiger partial charge on any atom is -0.392 e. The van der Waals surface area contributed by atoms with Crippen molar-refractivity contribution in [3.05, 3.63) is 54.1 Å². The Morgan fingerprint density at radius 2 is 1.72 bits per heavy atom. The summed E-state index contributed by atoms with van der Waals surface area (Å²) in [7, 11) is 0. The van der Waals surface area contributed by atoms with E-state index in [1.807, 2.05) is 36.4 Å². The number of aliphatic hydroxyl groups is 1. The van der Waals surface area contributed by atoms with Gasteiger partial charge in [0.25, 0.3) is 0 Å². The number of hydrogen-bond donors (Lipinski definition) is 1. The van der Waals surface area contributed by atoms with Crippen LogP contribution in [-0.2, 0) is 0 Å². The molecule has 140 valence electrons. The van der Waals surface area contributed by atoms with Crippen molar-refractivity contribution in [1.82, 2.24) is 0 Å². The lowest BCUT2D eigenvalue weighted by Crippen LogP contribution is -2.12. The van der Waals surface area contributed by atoms with Crippen LogP contribution in [0.1, 0.15) is 65.4 Å². The van der Waals surface area contributed by atoms with Crippen molar-refractivity contribution in [2.24, 2.45) is 23.7 Å². The van der Waals surface area contributed by atoms with Gasteiger partial charge < -0.3 is 5.11 Å². The van der Waals surface area contributed by atoms with Gasteiger partial charge in [-0.2, -0.15) is 0 Å². The largest absolute Gasteiger partial charge is 0.392 e. The van der Waals surface area contributed by atoms with Crippen LogP contribution in [0.15, 0.2) is 48.6 Å². The van der Waals surface area contributed by atoms with Crippen LogP contribution in [0.4, 0.5) is 0 Å². The Balaban J connectivity index is 0.000000271. The van der Waals surface area contributed by atoms with Crippen LogP contribution in [0, 0.1) is 23.7 Å². The van der Waals surface area contributed by atoms with E-state index in [1.54, 1.807) is 6.08 Å². The SMILES string of the molecule is CC(C)[C@H]1CC[C@@H](C)C/C=C/[C@@H](C)CC1.OC/C=C/c1ccccc1. The number of hydrogen-bond acceptors (Lipinski definition) is 1. The predicted octanol–water partition coefficient (Wildman–Crippen LogP) is 6.74. The van der Waals surface area contributed by atoms with Gasteiger partial charge in [0.15, 0.2) is 0 Å². The summed E-state index contributed by atoms with van der Waals surface area (Å²) >= 11 is 0.